The predicted molar refractivity (Wildman–Crippen MR) is 68.7 cm³/mol. The highest BCUT2D eigenvalue weighted by atomic mass is 79.9. The van der Waals surface area contributed by atoms with Gasteiger partial charge in [0.15, 0.2) is 5.69 Å². The lowest BCUT2D eigenvalue weighted by molar-refractivity contribution is 0.0692. The van der Waals surface area contributed by atoms with Gasteiger partial charge in [-0.2, -0.15) is 0 Å². The molecule has 1 aromatic carbocycles. The second-order valence-electron chi connectivity index (χ2n) is 3.44. The molecule has 0 aliphatic carbocycles. The molecule has 0 bridgehead atoms. The van der Waals surface area contributed by atoms with Gasteiger partial charge in [0.05, 0.1) is 5.69 Å². The molecule has 0 aliphatic heterocycles. The Hall–Kier alpha value is -1.88. The molecule has 4 nitrogen and oxygen atoms in total. The Morgan fingerprint density at radius 2 is 2.12 bits per heavy atom. The van der Waals surface area contributed by atoms with Crippen molar-refractivity contribution in [2.45, 2.75) is 0 Å². The van der Waals surface area contributed by atoms with Crippen LogP contribution in [0.4, 0.5) is 5.69 Å². The molecule has 0 saturated heterocycles. The van der Waals surface area contributed by atoms with Gasteiger partial charge in [0.1, 0.15) is 0 Å². The van der Waals surface area contributed by atoms with E-state index in [-0.39, 0.29) is 11.4 Å². The molecule has 0 unspecified atom stereocenters. The van der Waals surface area contributed by atoms with Crippen LogP contribution in [0.1, 0.15) is 10.5 Å². The molecule has 1 aromatic heterocycles. The maximum absolute atomic E-state index is 10.9. The molecule has 0 saturated carbocycles. The normalized spacial score (nSPS) is 10.2. The maximum Gasteiger partial charge on any atom is 0.356 e. The molecule has 3 N–H and O–H groups in total. The molecule has 0 radical (unpaired) electrons. The number of carboxylic acid groups (broad SMARTS) is 1. The van der Waals surface area contributed by atoms with Crippen LogP contribution in [0.2, 0.25) is 0 Å². The van der Waals surface area contributed by atoms with Crippen LogP contribution in [0.5, 0.6) is 0 Å². The van der Waals surface area contributed by atoms with Gasteiger partial charge < -0.3 is 10.8 Å². The first kappa shape index (κ1) is 11.6. The first-order valence-electron chi connectivity index (χ1n) is 4.83. The molecular formula is C12H9BrN2O2. The molecular weight excluding hydrogens is 284 g/mol. The second kappa shape index (κ2) is 4.55. The minimum atomic E-state index is -1.13. The van der Waals surface area contributed by atoms with Crippen molar-refractivity contribution in [1.82, 2.24) is 4.98 Å². The summed E-state index contributed by atoms with van der Waals surface area (Å²) < 4.78 is 0.906. The number of anilines is 1. The Bertz CT molecular complexity index is 584. The lowest BCUT2D eigenvalue weighted by Gasteiger charge is -2.07. The Morgan fingerprint density at radius 1 is 1.35 bits per heavy atom. The summed E-state index contributed by atoms with van der Waals surface area (Å²) in [5, 5.41) is 8.94. The predicted octanol–water partition coefficient (Wildman–Crippen LogP) is 2.79. The van der Waals surface area contributed by atoms with Crippen LogP contribution in [-0.2, 0) is 0 Å². The van der Waals surface area contributed by atoms with Crippen LogP contribution in [-0.4, -0.2) is 16.1 Å². The minimum absolute atomic E-state index is 0.123. The number of rotatable bonds is 2. The van der Waals surface area contributed by atoms with Crippen LogP contribution in [0, 0.1) is 0 Å². The van der Waals surface area contributed by atoms with Crippen molar-refractivity contribution in [2.24, 2.45) is 0 Å². The summed E-state index contributed by atoms with van der Waals surface area (Å²) >= 11 is 3.36. The summed E-state index contributed by atoms with van der Waals surface area (Å²) in [4.78, 5) is 14.7. The van der Waals surface area contributed by atoms with E-state index in [2.05, 4.69) is 20.9 Å². The molecule has 0 atom stereocenters. The van der Waals surface area contributed by atoms with E-state index < -0.39 is 5.97 Å². The number of aromatic carboxylic acids is 1. The van der Waals surface area contributed by atoms with Crippen LogP contribution in [0.25, 0.3) is 11.1 Å². The van der Waals surface area contributed by atoms with E-state index in [0.29, 0.717) is 5.56 Å². The fourth-order valence-corrected chi connectivity index (χ4v) is 1.95. The van der Waals surface area contributed by atoms with Crippen molar-refractivity contribution < 1.29 is 9.90 Å². The van der Waals surface area contributed by atoms with Gasteiger partial charge in [-0.05, 0) is 23.8 Å². The summed E-state index contributed by atoms with van der Waals surface area (Å²) in [5.41, 5.74) is 7.38. The third-order valence-electron chi connectivity index (χ3n) is 2.33. The topological polar surface area (TPSA) is 76.2 Å². The second-order valence-corrected chi connectivity index (χ2v) is 4.35. The number of benzene rings is 1. The summed E-state index contributed by atoms with van der Waals surface area (Å²) in [6.07, 6.45) is 1.44. The van der Waals surface area contributed by atoms with E-state index in [9.17, 15) is 4.79 Å². The van der Waals surface area contributed by atoms with E-state index in [0.717, 1.165) is 10.0 Å². The van der Waals surface area contributed by atoms with Gasteiger partial charge in [0.2, 0.25) is 0 Å². The van der Waals surface area contributed by atoms with Gasteiger partial charge in [-0.3, -0.25) is 0 Å². The molecule has 0 fully saturated rings. The zero-order valence-electron chi connectivity index (χ0n) is 8.72. The number of pyridine rings is 1. The summed E-state index contributed by atoms with van der Waals surface area (Å²) in [6.45, 7) is 0. The lowest BCUT2D eigenvalue weighted by atomic mass is 10.0. The number of hydrogen-bond donors (Lipinski definition) is 2. The van der Waals surface area contributed by atoms with Crippen LogP contribution >= 0.6 is 15.9 Å². The van der Waals surface area contributed by atoms with E-state index in [4.69, 9.17) is 10.8 Å². The third kappa shape index (κ3) is 2.29. The van der Waals surface area contributed by atoms with Gasteiger partial charge in [-0.15, -0.1) is 0 Å². The highest BCUT2D eigenvalue weighted by molar-refractivity contribution is 9.10. The number of carboxylic acids is 1. The molecule has 1 heterocycles. The Balaban J connectivity index is 2.60. The molecule has 17 heavy (non-hydrogen) atoms. The smallest absolute Gasteiger partial charge is 0.356 e. The third-order valence-corrected chi connectivity index (χ3v) is 2.82. The Morgan fingerprint density at radius 3 is 2.76 bits per heavy atom. The summed E-state index contributed by atoms with van der Waals surface area (Å²) in [6, 6.07) is 9.18. The molecule has 5 heteroatoms. The van der Waals surface area contributed by atoms with Crippen molar-refractivity contribution in [3.05, 3.63) is 46.7 Å². The van der Waals surface area contributed by atoms with Gasteiger partial charge >= 0.3 is 5.97 Å². The number of nitrogens with zero attached hydrogens (tertiary/aromatic N) is 1. The van der Waals surface area contributed by atoms with E-state index in [1.807, 2.05) is 24.3 Å². The van der Waals surface area contributed by atoms with E-state index in [1.165, 1.54) is 6.20 Å². The molecule has 2 rings (SSSR count). The number of halogens is 1. The van der Waals surface area contributed by atoms with Crippen molar-refractivity contribution in [3.8, 4) is 11.1 Å². The molecule has 0 aliphatic rings. The van der Waals surface area contributed by atoms with Gasteiger partial charge in [0, 0.05) is 16.2 Å². The standard InChI is InChI=1S/C12H9BrN2O2/c13-8-3-1-2-7(6-8)9-4-5-15-11(10(9)14)12(16)17/h1-6H,14H2,(H,16,17). The number of carbonyl (C=O) groups is 1. The van der Waals surface area contributed by atoms with Crippen molar-refractivity contribution in [1.29, 1.82) is 0 Å². The number of nitrogens with two attached hydrogens (primary N) is 1. The average Bonchev–Trinajstić information content (AvgIpc) is 2.29. The first-order chi connectivity index (χ1) is 8.09. The minimum Gasteiger partial charge on any atom is -0.476 e. The monoisotopic (exact) mass is 292 g/mol. The molecule has 0 spiro atoms. The first-order valence-corrected chi connectivity index (χ1v) is 5.62. The maximum atomic E-state index is 10.9. The number of aromatic nitrogens is 1. The number of nitrogen functional groups attached to an aromatic ring is 1. The van der Waals surface area contributed by atoms with Gasteiger partial charge in [0.25, 0.3) is 0 Å². The molecule has 0 amide bonds. The van der Waals surface area contributed by atoms with E-state index >= 15 is 0 Å². The van der Waals surface area contributed by atoms with Crippen molar-refractivity contribution >= 4 is 27.6 Å². The van der Waals surface area contributed by atoms with Gasteiger partial charge in [-0.1, -0.05) is 28.1 Å². The zero-order valence-corrected chi connectivity index (χ0v) is 10.3. The quantitative estimate of drug-likeness (QED) is 0.892. The Kier molecular flexibility index (Phi) is 3.10. The average molecular weight is 293 g/mol. The van der Waals surface area contributed by atoms with Crippen LogP contribution in [0.3, 0.4) is 0 Å². The highest BCUT2D eigenvalue weighted by Gasteiger charge is 2.13. The van der Waals surface area contributed by atoms with Gasteiger partial charge in [-0.25, -0.2) is 9.78 Å². The van der Waals surface area contributed by atoms with Crippen LogP contribution < -0.4 is 5.73 Å². The van der Waals surface area contributed by atoms with Crippen LogP contribution in [0.15, 0.2) is 41.0 Å². The van der Waals surface area contributed by atoms with Crippen molar-refractivity contribution in [2.75, 3.05) is 5.73 Å². The fourth-order valence-electron chi connectivity index (χ4n) is 1.55. The van der Waals surface area contributed by atoms with E-state index in [1.54, 1.807) is 6.07 Å². The van der Waals surface area contributed by atoms with Crippen molar-refractivity contribution in [3.63, 3.8) is 0 Å². The SMILES string of the molecule is Nc1c(-c2cccc(Br)c2)ccnc1C(=O)O. The molecule has 2 aromatic rings. The summed E-state index contributed by atoms with van der Waals surface area (Å²) in [7, 11) is 0. The Labute approximate surface area is 106 Å². The zero-order chi connectivity index (χ0) is 12.4. The summed E-state index contributed by atoms with van der Waals surface area (Å²) in [5.74, 6) is -1.13. The number of hydrogen-bond acceptors (Lipinski definition) is 3. The highest BCUT2D eigenvalue weighted by Crippen LogP contribution is 2.29. The largest absolute Gasteiger partial charge is 0.476 e. The lowest BCUT2D eigenvalue weighted by Crippen LogP contribution is -2.06. The fraction of sp³-hybridized carbons (Fsp3) is 0. The molecule has 86 valence electrons.